The van der Waals surface area contributed by atoms with Gasteiger partial charge in [0.05, 0.1) is 17.4 Å². The number of nitrogen functional groups attached to an aromatic ring is 1. The third kappa shape index (κ3) is 2.81. The normalized spacial score (nSPS) is 23.4. The maximum absolute atomic E-state index is 11.5. The summed E-state index contributed by atoms with van der Waals surface area (Å²) in [5.74, 6) is 0.0851. The minimum absolute atomic E-state index is 0.163. The van der Waals surface area contributed by atoms with Crippen LogP contribution in [0.1, 0.15) is 23.7 Å². The van der Waals surface area contributed by atoms with Crippen LogP contribution < -0.4 is 16.4 Å². The van der Waals surface area contributed by atoms with Crippen molar-refractivity contribution in [3.63, 3.8) is 0 Å². The first-order valence-corrected chi connectivity index (χ1v) is 6.50. The predicted molar refractivity (Wildman–Crippen MR) is 76.2 cm³/mol. The van der Waals surface area contributed by atoms with E-state index in [0.717, 1.165) is 25.2 Å². The lowest BCUT2D eigenvalue weighted by molar-refractivity contribution is 0.0498. The fourth-order valence-corrected chi connectivity index (χ4v) is 2.58. The largest absolute Gasteiger partial charge is 0.399 e. The van der Waals surface area contributed by atoms with E-state index in [0.29, 0.717) is 17.2 Å². The van der Waals surface area contributed by atoms with Crippen LogP contribution in [0.4, 0.5) is 11.4 Å². The molecule has 1 aromatic carbocycles. The van der Waals surface area contributed by atoms with E-state index in [4.69, 9.17) is 16.2 Å². The van der Waals surface area contributed by atoms with Crippen molar-refractivity contribution >= 4 is 17.3 Å². The van der Waals surface area contributed by atoms with Crippen molar-refractivity contribution in [2.24, 2.45) is 11.7 Å². The predicted octanol–water partition coefficient (Wildman–Crippen LogP) is 1.23. The van der Waals surface area contributed by atoms with Gasteiger partial charge in [0.25, 0.3) is 5.91 Å². The van der Waals surface area contributed by atoms with Crippen LogP contribution in [0.2, 0.25) is 0 Å². The molecule has 0 radical (unpaired) electrons. The highest BCUT2D eigenvalue weighted by atomic mass is 16.5. The topological polar surface area (TPSA) is 81.6 Å². The zero-order valence-electron chi connectivity index (χ0n) is 11.4. The summed E-state index contributed by atoms with van der Waals surface area (Å²) in [6.45, 7) is 3.81. The average Bonchev–Trinajstić information content (AvgIpc) is 2.38. The first kappa shape index (κ1) is 13.7. The van der Waals surface area contributed by atoms with Crippen molar-refractivity contribution in [1.29, 1.82) is 0 Å². The number of carbonyl (C=O) groups is 1. The Hall–Kier alpha value is -1.75. The van der Waals surface area contributed by atoms with Gasteiger partial charge in [0.15, 0.2) is 0 Å². The molecule has 1 aliphatic rings. The summed E-state index contributed by atoms with van der Waals surface area (Å²) in [4.78, 5) is 13.6. The number of anilines is 2. The number of amides is 1. The van der Waals surface area contributed by atoms with Gasteiger partial charge < -0.3 is 21.1 Å². The molecule has 0 aliphatic carbocycles. The molecule has 0 saturated carbocycles. The molecule has 0 bridgehead atoms. The van der Waals surface area contributed by atoms with Crippen LogP contribution in [-0.4, -0.2) is 32.2 Å². The van der Waals surface area contributed by atoms with Crippen molar-refractivity contribution < 1.29 is 9.53 Å². The summed E-state index contributed by atoms with van der Waals surface area (Å²) in [5.41, 5.74) is 13.2. The van der Waals surface area contributed by atoms with Crippen LogP contribution in [0.5, 0.6) is 0 Å². The molecule has 2 atom stereocenters. The number of piperidine rings is 1. The Morgan fingerprint density at radius 3 is 2.84 bits per heavy atom. The molecular formula is C14H21N3O2. The average molecular weight is 263 g/mol. The minimum atomic E-state index is -0.428. The van der Waals surface area contributed by atoms with Gasteiger partial charge in [-0.25, -0.2) is 0 Å². The standard InChI is InChI=1S/C14H21N3O2/c1-9-5-6-17(8-13(9)19-2)12-7-10(15)3-4-11(12)14(16)18/h3-4,7,9,13H,5-6,8,15H2,1-2H3,(H2,16,18). The van der Waals surface area contributed by atoms with Gasteiger partial charge in [-0.2, -0.15) is 0 Å². The molecule has 19 heavy (non-hydrogen) atoms. The van der Waals surface area contributed by atoms with Gasteiger partial charge in [-0.1, -0.05) is 6.92 Å². The molecule has 4 N–H and O–H groups in total. The number of carbonyl (C=O) groups excluding carboxylic acids is 1. The number of nitrogens with two attached hydrogens (primary N) is 2. The van der Waals surface area contributed by atoms with Gasteiger partial charge in [0, 0.05) is 25.9 Å². The van der Waals surface area contributed by atoms with E-state index in [9.17, 15) is 4.79 Å². The third-order valence-corrected chi connectivity index (χ3v) is 3.82. The molecule has 5 nitrogen and oxygen atoms in total. The molecule has 104 valence electrons. The Balaban J connectivity index is 2.31. The van der Waals surface area contributed by atoms with Crippen LogP contribution in [0.25, 0.3) is 0 Å². The molecule has 0 aromatic heterocycles. The van der Waals surface area contributed by atoms with Gasteiger partial charge >= 0.3 is 0 Å². The fraction of sp³-hybridized carbons (Fsp3) is 0.500. The molecule has 0 spiro atoms. The molecule has 2 unspecified atom stereocenters. The highest BCUT2D eigenvalue weighted by molar-refractivity contribution is 5.99. The maximum Gasteiger partial charge on any atom is 0.250 e. The summed E-state index contributed by atoms with van der Waals surface area (Å²) in [6, 6.07) is 5.19. The summed E-state index contributed by atoms with van der Waals surface area (Å²) in [7, 11) is 1.72. The summed E-state index contributed by atoms with van der Waals surface area (Å²) >= 11 is 0. The van der Waals surface area contributed by atoms with Crippen molar-refractivity contribution in [1.82, 2.24) is 0 Å². The Morgan fingerprint density at radius 1 is 1.47 bits per heavy atom. The van der Waals surface area contributed by atoms with Crippen molar-refractivity contribution in [2.45, 2.75) is 19.4 Å². The number of rotatable bonds is 3. The van der Waals surface area contributed by atoms with Crippen LogP contribution in [0, 0.1) is 5.92 Å². The summed E-state index contributed by atoms with van der Waals surface area (Å²) in [6.07, 6.45) is 1.18. The first-order chi connectivity index (χ1) is 9.02. The fourth-order valence-electron chi connectivity index (χ4n) is 2.58. The molecule has 5 heteroatoms. The second-order valence-corrected chi connectivity index (χ2v) is 5.13. The number of primary amides is 1. The minimum Gasteiger partial charge on any atom is -0.399 e. The van der Waals surface area contributed by atoms with Crippen LogP contribution >= 0.6 is 0 Å². The van der Waals surface area contributed by atoms with E-state index in [1.54, 1.807) is 19.2 Å². The Morgan fingerprint density at radius 2 is 2.21 bits per heavy atom. The Kier molecular flexibility index (Phi) is 3.95. The molecule has 1 fully saturated rings. The lowest BCUT2D eigenvalue weighted by atomic mass is 9.94. The zero-order chi connectivity index (χ0) is 14.0. The van der Waals surface area contributed by atoms with Crippen molar-refractivity contribution in [3.8, 4) is 0 Å². The lowest BCUT2D eigenvalue weighted by Crippen LogP contribution is -2.44. The second-order valence-electron chi connectivity index (χ2n) is 5.13. The van der Waals surface area contributed by atoms with E-state index in [1.807, 2.05) is 6.07 Å². The molecule has 1 heterocycles. The van der Waals surface area contributed by atoms with E-state index < -0.39 is 5.91 Å². The van der Waals surface area contributed by atoms with Gasteiger partial charge in [0.2, 0.25) is 0 Å². The number of methoxy groups -OCH3 is 1. The van der Waals surface area contributed by atoms with Crippen LogP contribution in [0.3, 0.4) is 0 Å². The van der Waals surface area contributed by atoms with Gasteiger partial charge in [-0.3, -0.25) is 4.79 Å². The highest BCUT2D eigenvalue weighted by Crippen LogP contribution is 2.29. The van der Waals surface area contributed by atoms with Gasteiger partial charge in [-0.05, 0) is 30.5 Å². The number of ether oxygens (including phenoxy) is 1. The molecule has 1 amide bonds. The molecule has 1 saturated heterocycles. The lowest BCUT2D eigenvalue weighted by Gasteiger charge is -2.38. The highest BCUT2D eigenvalue weighted by Gasteiger charge is 2.27. The van der Waals surface area contributed by atoms with E-state index in [-0.39, 0.29) is 6.10 Å². The molecule has 1 aliphatic heterocycles. The zero-order valence-corrected chi connectivity index (χ0v) is 11.4. The number of hydrogen-bond acceptors (Lipinski definition) is 4. The van der Waals surface area contributed by atoms with Gasteiger partial charge in [-0.15, -0.1) is 0 Å². The molecular weight excluding hydrogens is 242 g/mol. The number of hydrogen-bond donors (Lipinski definition) is 2. The monoisotopic (exact) mass is 263 g/mol. The Bertz CT molecular complexity index is 476. The first-order valence-electron chi connectivity index (χ1n) is 6.50. The van der Waals surface area contributed by atoms with Gasteiger partial charge in [0.1, 0.15) is 0 Å². The Labute approximate surface area is 113 Å². The van der Waals surface area contributed by atoms with E-state index in [1.165, 1.54) is 0 Å². The van der Waals surface area contributed by atoms with E-state index >= 15 is 0 Å². The number of nitrogens with zero attached hydrogens (tertiary/aromatic N) is 1. The third-order valence-electron chi connectivity index (χ3n) is 3.82. The van der Waals surface area contributed by atoms with Crippen molar-refractivity contribution in [2.75, 3.05) is 30.8 Å². The SMILES string of the molecule is COC1CN(c2cc(N)ccc2C(N)=O)CCC1C. The second kappa shape index (κ2) is 5.48. The number of benzene rings is 1. The summed E-state index contributed by atoms with van der Waals surface area (Å²) in [5, 5.41) is 0. The quantitative estimate of drug-likeness (QED) is 0.804. The molecule has 1 aromatic rings. The smallest absolute Gasteiger partial charge is 0.250 e. The van der Waals surface area contributed by atoms with Crippen LogP contribution in [0.15, 0.2) is 18.2 Å². The van der Waals surface area contributed by atoms with Crippen LogP contribution in [-0.2, 0) is 4.74 Å². The van der Waals surface area contributed by atoms with E-state index in [2.05, 4.69) is 11.8 Å². The van der Waals surface area contributed by atoms with Crippen molar-refractivity contribution in [3.05, 3.63) is 23.8 Å². The summed E-state index contributed by atoms with van der Waals surface area (Å²) < 4.78 is 5.50. The maximum atomic E-state index is 11.5. The molecule has 2 rings (SSSR count).